The summed E-state index contributed by atoms with van der Waals surface area (Å²) in [6.07, 6.45) is -9.63. The molecule has 4 rings (SSSR count). The van der Waals surface area contributed by atoms with Gasteiger partial charge in [-0.2, -0.15) is 13.2 Å². The molecule has 1 amide bonds. The van der Waals surface area contributed by atoms with Crippen molar-refractivity contribution in [2.24, 2.45) is 0 Å². The van der Waals surface area contributed by atoms with Crippen LogP contribution in [0.2, 0.25) is 0 Å². The number of carbonyl (C=O) groups excluding carboxylic acids is 1. The van der Waals surface area contributed by atoms with E-state index in [0.717, 1.165) is 34.4 Å². The highest BCUT2D eigenvalue weighted by Gasteiger charge is 2.37. The topological polar surface area (TPSA) is 78.8 Å². The highest BCUT2D eigenvalue weighted by molar-refractivity contribution is 5.79. The van der Waals surface area contributed by atoms with Crippen LogP contribution in [0, 0.1) is 5.82 Å². The van der Waals surface area contributed by atoms with Gasteiger partial charge in [0.25, 0.3) is 0 Å². The van der Waals surface area contributed by atoms with Crippen LogP contribution in [0.4, 0.5) is 22.4 Å². The fourth-order valence-electron chi connectivity index (χ4n) is 4.19. The first-order chi connectivity index (χ1) is 16.2. The lowest BCUT2D eigenvalue weighted by Crippen LogP contribution is -2.36. The number of hydrogen-bond donors (Lipinski definition) is 3. The van der Waals surface area contributed by atoms with Crippen LogP contribution in [0.25, 0.3) is 11.1 Å². The van der Waals surface area contributed by atoms with Crippen LogP contribution in [-0.2, 0) is 10.9 Å². The number of alkyl halides is 3. The Kier molecular flexibility index (Phi) is 6.58. The SMILES string of the molecule is O=C(NCC(O)C(O)c1ccc(F)cc1C(F)(F)F)OCC1c2ccccc2-c2ccccc21. The van der Waals surface area contributed by atoms with Gasteiger partial charge in [0.1, 0.15) is 24.6 Å². The fraction of sp³-hybridized carbons (Fsp3) is 0.240. The molecule has 2 unspecified atom stereocenters. The number of aliphatic hydroxyl groups excluding tert-OH is 2. The van der Waals surface area contributed by atoms with E-state index in [9.17, 15) is 32.6 Å². The minimum Gasteiger partial charge on any atom is -0.449 e. The minimum absolute atomic E-state index is 0.00862. The molecule has 0 spiro atoms. The first-order valence-corrected chi connectivity index (χ1v) is 10.5. The van der Waals surface area contributed by atoms with Crippen LogP contribution in [0.5, 0.6) is 0 Å². The zero-order valence-electron chi connectivity index (χ0n) is 17.7. The van der Waals surface area contributed by atoms with Crippen molar-refractivity contribution in [2.45, 2.75) is 24.3 Å². The zero-order chi connectivity index (χ0) is 24.5. The number of fused-ring (bicyclic) bond motifs is 3. The van der Waals surface area contributed by atoms with E-state index >= 15 is 0 Å². The highest BCUT2D eigenvalue weighted by Crippen LogP contribution is 2.44. The molecule has 1 aliphatic carbocycles. The maximum Gasteiger partial charge on any atom is 0.416 e. The summed E-state index contributed by atoms with van der Waals surface area (Å²) in [5, 5.41) is 22.6. The number of halogens is 4. The standard InChI is InChI=1S/C25H21F4NO4/c26-14-9-10-19(21(11-14)25(27,28)29)23(32)22(31)12-30-24(33)34-13-20-17-7-3-1-5-15(17)16-6-2-4-8-18(16)20/h1-11,20,22-23,31-32H,12-13H2,(H,30,33). The average Bonchev–Trinajstić information content (AvgIpc) is 3.14. The Morgan fingerprint density at radius 1 is 0.971 bits per heavy atom. The van der Waals surface area contributed by atoms with Gasteiger partial charge in [0, 0.05) is 12.5 Å². The quantitative estimate of drug-likeness (QED) is 0.449. The maximum atomic E-state index is 13.3. The van der Waals surface area contributed by atoms with E-state index in [1.165, 1.54) is 0 Å². The van der Waals surface area contributed by atoms with Crippen molar-refractivity contribution >= 4 is 6.09 Å². The maximum absolute atomic E-state index is 13.3. The van der Waals surface area contributed by atoms with Gasteiger partial charge in [0.05, 0.1) is 5.56 Å². The molecule has 3 aromatic rings. The fourth-order valence-corrected chi connectivity index (χ4v) is 4.19. The third-order valence-corrected chi connectivity index (χ3v) is 5.80. The Morgan fingerprint density at radius 2 is 1.56 bits per heavy atom. The summed E-state index contributed by atoms with van der Waals surface area (Å²) in [7, 11) is 0. The Morgan fingerprint density at radius 3 is 2.15 bits per heavy atom. The summed E-state index contributed by atoms with van der Waals surface area (Å²) in [4.78, 5) is 12.2. The van der Waals surface area contributed by atoms with Crippen LogP contribution in [0.3, 0.4) is 0 Å². The molecule has 0 fully saturated rings. The normalized spacial score (nSPS) is 14.8. The van der Waals surface area contributed by atoms with Gasteiger partial charge >= 0.3 is 12.3 Å². The van der Waals surface area contributed by atoms with Crippen molar-refractivity contribution in [3.8, 4) is 11.1 Å². The number of aliphatic hydroxyl groups is 2. The van der Waals surface area contributed by atoms with Gasteiger partial charge < -0.3 is 20.3 Å². The third kappa shape index (κ3) is 4.76. The molecule has 3 N–H and O–H groups in total. The summed E-state index contributed by atoms with van der Waals surface area (Å²) >= 11 is 0. The van der Waals surface area contributed by atoms with Crippen LogP contribution in [0.1, 0.15) is 34.3 Å². The van der Waals surface area contributed by atoms with Crippen molar-refractivity contribution < 1.29 is 37.3 Å². The summed E-state index contributed by atoms with van der Waals surface area (Å²) in [5.41, 5.74) is 2.00. The van der Waals surface area contributed by atoms with Gasteiger partial charge in [-0.3, -0.25) is 0 Å². The molecule has 0 aromatic heterocycles. The Balaban J connectivity index is 1.37. The third-order valence-electron chi connectivity index (χ3n) is 5.80. The van der Waals surface area contributed by atoms with E-state index < -0.39 is 48.0 Å². The van der Waals surface area contributed by atoms with Gasteiger partial charge in [-0.1, -0.05) is 54.6 Å². The van der Waals surface area contributed by atoms with Crippen molar-refractivity contribution in [3.05, 3.63) is 94.8 Å². The Hall–Kier alpha value is -3.43. The summed E-state index contributed by atoms with van der Waals surface area (Å²) in [6, 6.07) is 17.2. The number of carbonyl (C=O) groups is 1. The molecule has 5 nitrogen and oxygen atoms in total. The number of hydrogen-bond acceptors (Lipinski definition) is 4. The van der Waals surface area contributed by atoms with E-state index in [1.807, 2.05) is 48.5 Å². The van der Waals surface area contributed by atoms with Crippen LogP contribution < -0.4 is 5.32 Å². The molecule has 0 radical (unpaired) electrons. The largest absolute Gasteiger partial charge is 0.449 e. The Labute approximate surface area is 192 Å². The van der Waals surface area contributed by atoms with Crippen molar-refractivity contribution in [1.29, 1.82) is 0 Å². The molecule has 9 heteroatoms. The van der Waals surface area contributed by atoms with E-state index in [1.54, 1.807) is 0 Å². The van der Waals surface area contributed by atoms with Crippen molar-refractivity contribution in [2.75, 3.05) is 13.2 Å². The second kappa shape index (κ2) is 9.44. The van der Waals surface area contributed by atoms with Crippen LogP contribution in [-0.4, -0.2) is 35.6 Å². The lowest BCUT2D eigenvalue weighted by Gasteiger charge is -2.22. The molecule has 3 aromatic carbocycles. The molecule has 2 atom stereocenters. The number of amides is 1. The summed E-state index contributed by atoms with van der Waals surface area (Å²) in [6.45, 7) is -0.568. The second-order valence-corrected chi connectivity index (χ2v) is 7.95. The monoisotopic (exact) mass is 475 g/mol. The molecule has 0 bridgehead atoms. The second-order valence-electron chi connectivity index (χ2n) is 7.95. The van der Waals surface area contributed by atoms with E-state index in [0.29, 0.717) is 0 Å². The van der Waals surface area contributed by atoms with Gasteiger partial charge in [0.15, 0.2) is 0 Å². The van der Waals surface area contributed by atoms with Gasteiger partial charge in [0.2, 0.25) is 0 Å². The van der Waals surface area contributed by atoms with Crippen LogP contribution in [0.15, 0.2) is 66.7 Å². The summed E-state index contributed by atoms with van der Waals surface area (Å²) in [5.74, 6) is -1.32. The Bertz CT molecular complexity index is 1150. The molecule has 0 saturated heterocycles. The lowest BCUT2D eigenvalue weighted by molar-refractivity contribution is -0.140. The smallest absolute Gasteiger partial charge is 0.416 e. The van der Waals surface area contributed by atoms with E-state index in [-0.39, 0.29) is 18.6 Å². The molecule has 0 saturated carbocycles. The van der Waals surface area contributed by atoms with Crippen molar-refractivity contribution in [1.82, 2.24) is 5.32 Å². The molecule has 0 heterocycles. The number of benzene rings is 3. The minimum atomic E-state index is -4.93. The molecular weight excluding hydrogens is 454 g/mol. The lowest BCUT2D eigenvalue weighted by atomic mass is 9.98. The van der Waals surface area contributed by atoms with Gasteiger partial charge in [-0.15, -0.1) is 0 Å². The molecule has 34 heavy (non-hydrogen) atoms. The average molecular weight is 475 g/mol. The predicted octanol–water partition coefficient (Wildman–Crippen LogP) is 4.78. The van der Waals surface area contributed by atoms with Crippen molar-refractivity contribution in [3.63, 3.8) is 0 Å². The summed E-state index contributed by atoms with van der Waals surface area (Å²) < 4.78 is 58.1. The number of rotatable bonds is 6. The molecular formula is C25H21F4NO4. The van der Waals surface area contributed by atoms with Crippen LogP contribution >= 0.6 is 0 Å². The molecule has 178 valence electrons. The molecule has 1 aliphatic rings. The zero-order valence-corrected chi connectivity index (χ0v) is 17.7. The molecule has 0 aliphatic heterocycles. The van der Waals surface area contributed by atoms with E-state index in [2.05, 4.69) is 5.32 Å². The van der Waals surface area contributed by atoms with Gasteiger partial charge in [-0.25, -0.2) is 9.18 Å². The predicted molar refractivity (Wildman–Crippen MR) is 115 cm³/mol. The number of nitrogens with one attached hydrogen (secondary N) is 1. The number of alkyl carbamates (subject to hydrolysis) is 1. The first kappa shape index (κ1) is 23.7. The highest BCUT2D eigenvalue weighted by atomic mass is 19.4. The van der Waals surface area contributed by atoms with E-state index in [4.69, 9.17) is 4.74 Å². The van der Waals surface area contributed by atoms with Gasteiger partial charge in [-0.05, 0) is 39.9 Å². The first-order valence-electron chi connectivity index (χ1n) is 10.5. The number of ether oxygens (including phenoxy) is 1.